The van der Waals surface area contributed by atoms with Crippen LogP contribution < -0.4 is 10.9 Å². The fourth-order valence-corrected chi connectivity index (χ4v) is 1.87. The number of aryl methyl sites for hydroxylation is 1. The van der Waals surface area contributed by atoms with E-state index >= 15 is 0 Å². The van der Waals surface area contributed by atoms with Crippen LogP contribution in [0, 0.1) is 6.92 Å². The van der Waals surface area contributed by atoms with Crippen LogP contribution in [-0.2, 0) is 6.54 Å². The van der Waals surface area contributed by atoms with E-state index in [-0.39, 0.29) is 5.82 Å². The molecule has 0 aromatic carbocycles. The van der Waals surface area contributed by atoms with Gasteiger partial charge in [0.25, 0.3) is 5.56 Å². The Labute approximate surface area is 105 Å². The van der Waals surface area contributed by atoms with Crippen LogP contribution in [-0.4, -0.2) is 31.2 Å². The predicted octanol–water partition coefficient (Wildman–Crippen LogP) is 0.240. The summed E-state index contributed by atoms with van der Waals surface area (Å²) in [6.07, 6.45) is 0. The molecule has 0 saturated carbocycles. The average Bonchev–Trinajstić information content (AvgIpc) is 2.72. The second-order valence-electron chi connectivity index (χ2n) is 3.35. The van der Waals surface area contributed by atoms with Gasteiger partial charge in [0.15, 0.2) is 0 Å². The van der Waals surface area contributed by atoms with Crippen LogP contribution in [0.2, 0.25) is 0 Å². The summed E-state index contributed by atoms with van der Waals surface area (Å²) < 4.78 is 0. The summed E-state index contributed by atoms with van der Waals surface area (Å²) >= 11 is 1.41. The number of rotatable bonds is 4. The highest BCUT2D eigenvalue weighted by molar-refractivity contribution is 7.11. The lowest BCUT2D eigenvalue weighted by atomic mass is 10.5. The Morgan fingerprint density at radius 3 is 2.94 bits per heavy atom. The van der Waals surface area contributed by atoms with E-state index in [1.54, 1.807) is 0 Å². The number of anilines is 1. The third-order valence-corrected chi connectivity index (χ3v) is 2.77. The van der Waals surface area contributed by atoms with Crippen molar-refractivity contribution >= 4 is 23.1 Å². The Balaban J connectivity index is 2.14. The standard InChI is InChI=1S/C9H9N5O3S/c1-4-13-14-7(18-4)3-10-5-2-6(15)12-8(11-5)9(16)17/h2H,3H2,1H3,(H,16,17)(H2,10,11,12,15). The van der Waals surface area contributed by atoms with Gasteiger partial charge in [-0.3, -0.25) is 4.79 Å². The van der Waals surface area contributed by atoms with Gasteiger partial charge in [-0.1, -0.05) is 11.3 Å². The van der Waals surface area contributed by atoms with Crippen molar-refractivity contribution in [2.75, 3.05) is 5.32 Å². The fraction of sp³-hybridized carbons (Fsp3) is 0.222. The monoisotopic (exact) mass is 267 g/mol. The molecule has 18 heavy (non-hydrogen) atoms. The largest absolute Gasteiger partial charge is 0.475 e. The van der Waals surface area contributed by atoms with Gasteiger partial charge in [-0.15, -0.1) is 10.2 Å². The first-order valence-corrected chi connectivity index (χ1v) is 5.74. The lowest BCUT2D eigenvalue weighted by molar-refractivity contribution is 0.0683. The summed E-state index contributed by atoms with van der Waals surface area (Å²) in [7, 11) is 0. The highest BCUT2D eigenvalue weighted by Crippen LogP contribution is 2.09. The molecule has 2 rings (SSSR count). The predicted molar refractivity (Wildman–Crippen MR) is 63.8 cm³/mol. The highest BCUT2D eigenvalue weighted by Gasteiger charge is 2.08. The number of aromatic nitrogens is 4. The molecule has 2 heterocycles. The number of carbonyl (C=O) groups is 1. The van der Waals surface area contributed by atoms with Crippen molar-refractivity contribution < 1.29 is 9.90 Å². The van der Waals surface area contributed by atoms with Gasteiger partial charge in [0, 0.05) is 6.07 Å². The van der Waals surface area contributed by atoms with E-state index in [4.69, 9.17) is 5.11 Å². The molecule has 0 spiro atoms. The minimum absolute atomic E-state index is 0.184. The molecular formula is C9H9N5O3S. The SMILES string of the molecule is Cc1nnc(CNc2cc(=O)[nH]c(C(=O)O)n2)s1. The van der Waals surface area contributed by atoms with Crippen LogP contribution in [0.25, 0.3) is 0 Å². The molecule has 3 N–H and O–H groups in total. The van der Waals surface area contributed by atoms with Crippen molar-refractivity contribution in [3.05, 3.63) is 32.3 Å². The average molecular weight is 267 g/mol. The zero-order chi connectivity index (χ0) is 13.1. The Bertz CT molecular complexity index is 635. The van der Waals surface area contributed by atoms with Crippen LogP contribution in [0.1, 0.15) is 20.6 Å². The van der Waals surface area contributed by atoms with E-state index in [0.29, 0.717) is 6.54 Å². The molecule has 2 aromatic rings. The first kappa shape index (κ1) is 12.2. The van der Waals surface area contributed by atoms with Crippen molar-refractivity contribution in [3.63, 3.8) is 0 Å². The topological polar surface area (TPSA) is 121 Å². The summed E-state index contributed by atoms with van der Waals surface area (Å²) in [5, 5.41) is 20.8. The number of H-pyrrole nitrogens is 1. The molecule has 0 unspecified atom stereocenters. The molecule has 9 heteroatoms. The molecule has 0 aliphatic heterocycles. The maximum absolute atomic E-state index is 11.2. The van der Waals surface area contributed by atoms with E-state index in [0.717, 1.165) is 10.0 Å². The van der Waals surface area contributed by atoms with E-state index in [1.165, 1.54) is 17.4 Å². The van der Waals surface area contributed by atoms with Gasteiger partial charge in [0.2, 0.25) is 5.82 Å². The van der Waals surface area contributed by atoms with Crippen LogP contribution in [0.3, 0.4) is 0 Å². The van der Waals surface area contributed by atoms with Gasteiger partial charge in [-0.25, -0.2) is 9.78 Å². The van der Waals surface area contributed by atoms with Gasteiger partial charge in [0.1, 0.15) is 15.8 Å². The quantitative estimate of drug-likeness (QED) is 0.725. The first-order chi connectivity index (χ1) is 8.54. The molecule has 0 bridgehead atoms. The lowest BCUT2D eigenvalue weighted by Crippen LogP contribution is -2.16. The summed E-state index contributed by atoms with van der Waals surface area (Å²) in [6, 6.07) is 1.18. The number of carboxylic acid groups (broad SMARTS) is 1. The van der Waals surface area contributed by atoms with Crippen molar-refractivity contribution in [1.29, 1.82) is 0 Å². The maximum atomic E-state index is 11.2. The minimum Gasteiger partial charge on any atom is -0.475 e. The van der Waals surface area contributed by atoms with Crippen LogP contribution in [0.5, 0.6) is 0 Å². The summed E-state index contributed by atoms with van der Waals surface area (Å²) in [6.45, 7) is 2.16. The molecule has 0 amide bonds. The summed E-state index contributed by atoms with van der Waals surface area (Å²) in [5.74, 6) is -1.51. The summed E-state index contributed by atoms with van der Waals surface area (Å²) in [5.41, 5.74) is -0.529. The Kier molecular flexibility index (Phi) is 3.33. The first-order valence-electron chi connectivity index (χ1n) is 4.92. The molecule has 94 valence electrons. The maximum Gasteiger partial charge on any atom is 0.372 e. The molecule has 0 fully saturated rings. The molecule has 0 radical (unpaired) electrons. The summed E-state index contributed by atoms with van der Waals surface area (Å²) in [4.78, 5) is 27.8. The number of carboxylic acids is 1. The van der Waals surface area contributed by atoms with Gasteiger partial charge >= 0.3 is 5.97 Å². The number of hydrogen-bond donors (Lipinski definition) is 3. The van der Waals surface area contributed by atoms with E-state index in [1.807, 2.05) is 6.92 Å². The van der Waals surface area contributed by atoms with Crippen LogP contribution in [0.4, 0.5) is 5.82 Å². The molecule has 0 aliphatic rings. The van der Waals surface area contributed by atoms with E-state index in [2.05, 4.69) is 25.5 Å². The number of hydrogen-bond acceptors (Lipinski definition) is 7. The van der Waals surface area contributed by atoms with E-state index in [9.17, 15) is 9.59 Å². The van der Waals surface area contributed by atoms with Gasteiger partial charge in [0.05, 0.1) is 6.54 Å². The van der Waals surface area contributed by atoms with Crippen LogP contribution in [0.15, 0.2) is 10.9 Å². The van der Waals surface area contributed by atoms with Gasteiger partial charge in [-0.2, -0.15) is 0 Å². The number of nitrogens with zero attached hydrogens (tertiary/aromatic N) is 3. The Morgan fingerprint density at radius 2 is 2.33 bits per heavy atom. The second-order valence-corrected chi connectivity index (χ2v) is 4.62. The second kappa shape index (κ2) is 4.92. The molecule has 0 atom stereocenters. The number of aromatic amines is 1. The van der Waals surface area contributed by atoms with Crippen molar-refractivity contribution in [2.24, 2.45) is 0 Å². The van der Waals surface area contributed by atoms with Crippen molar-refractivity contribution in [1.82, 2.24) is 20.2 Å². The van der Waals surface area contributed by atoms with Crippen molar-refractivity contribution in [3.8, 4) is 0 Å². The van der Waals surface area contributed by atoms with Gasteiger partial charge < -0.3 is 15.4 Å². The van der Waals surface area contributed by atoms with Gasteiger partial charge in [-0.05, 0) is 6.92 Å². The molecular weight excluding hydrogens is 258 g/mol. The fourth-order valence-electron chi connectivity index (χ4n) is 1.22. The Morgan fingerprint density at radius 1 is 1.56 bits per heavy atom. The van der Waals surface area contributed by atoms with E-state index < -0.39 is 17.4 Å². The number of nitrogens with one attached hydrogen (secondary N) is 2. The lowest BCUT2D eigenvalue weighted by Gasteiger charge is -2.02. The smallest absolute Gasteiger partial charge is 0.372 e. The third kappa shape index (κ3) is 2.88. The minimum atomic E-state index is -1.29. The molecule has 0 aliphatic carbocycles. The normalized spacial score (nSPS) is 10.3. The van der Waals surface area contributed by atoms with Crippen molar-refractivity contribution in [2.45, 2.75) is 13.5 Å². The number of aromatic carboxylic acids is 1. The molecule has 0 saturated heterocycles. The highest BCUT2D eigenvalue weighted by atomic mass is 32.1. The zero-order valence-corrected chi connectivity index (χ0v) is 10.1. The zero-order valence-electron chi connectivity index (χ0n) is 9.30. The molecule has 8 nitrogen and oxygen atoms in total. The third-order valence-electron chi connectivity index (χ3n) is 1.93. The Hall–Kier alpha value is -2.29. The molecule has 2 aromatic heterocycles. The van der Waals surface area contributed by atoms with Crippen LogP contribution >= 0.6 is 11.3 Å².